The number of nitrogens with zero attached hydrogens (tertiary/aromatic N) is 1. The van der Waals surface area contributed by atoms with E-state index < -0.39 is 0 Å². The van der Waals surface area contributed by atoms with Gasteiger partial charge in [-0.25, -0.2) is 0 Å². The third-order valence-corrected chi connectivity index (χ3v) is 1.69. The highest BCUT2D eigenvalue weighted by molar-refractivity contribution is 5.04. The van der Waals surface area contributed by atoms with E-state index in [0.717, 1.165) is 0 Å². The molecule has 0 spiro atoms. The zero-order valence-corrected chi connectivity index (χ0v) is 6.35. The van der Waals surface area contributed by atoms with Crippen molar-refractivity contribution in [3.05, 3.63) is 11.8 Å². The van der Waals surface area contributed by atoms with E-state index in [1.165, 1.54) is 25.7 Å². The minimum Gasteiger partial charge on any atom is -0.384 e. The maximum absolute atomic E-state index is 2.26. The summed E-state index contributed by atoms with van der Waals surface area (Å²) in [5.41, 5.74) is 1.63. The third-order valence-electron chi connectivity index (χ3n) is 1.69. The van der Waals surface area contributed by atoms with Crippen molar-refractivity contribution in [2.45, 2.75) is 25.7 Å². The highest BCUT2D eigenvalue weighted by Crippen LogP contribution is 2.23. The standard InChI is InChI=1S/C8H15N/c1-9(2)7-8-5-3-4-6-8/h7H,3-6H2,1-2H3. The van der Waals surface area contributed by atoms with Gasteiger partial charge in [-0.2, -0.15) is 0 Å². The van der Waals surface area contributed by atoms with Crippen molar-refractivity contribution in [3.8, 4) is 0 Å². The third kappa shape index (κ3) is 2.08. The average molecular weight is 125 g/mol. The van der Waals surface area contributed by atoms with E-state index in [-0.39, 0.29) is 0 Å². The highest BCUT2D eigenvalue weighted by Gasteiger charge is 2.05. The Bertz CT molecular complexity index is 106. The summed E-state index contributed by atoms with van der Waals surface area (Å²) < 4.78 is 0. The van der Waals surface area contributed by atoms with Gasteiger partial charge in [-0.1, -0.05) is 5.57 Å². The van der Waals surface area contributed by atoms with Gasteiger partial charge in [-0.3, -0.25) is 0 Å². The average Bonchev–Trinajstić information content (AvgIpc) is 2.15. The van der Waals surface area contributed by atoms with Gasteiger partial charge in [0.05, 0.1) is 0 Å². The first-order valence-electron chi connectivity index (χ1n) is 3.65. The Kier molecular flexibility index (Phi) is 2.15. The molecule has 1 aliphatic rings. The summed E-state index contributed by atoms with van der Waals surface area (Å²) in [7, 11) is 4.18. The van der Waals surface area contributed by atoms with Crippen LogP contribution in [0.5, 0.6) is 0 Å². The lowest BCUT2D eigenvalue weighted by Crippen LogP contribution is -2.01. The van der Waals surface area contributed by atoms with Gasteiger partial charge >= 0.3 is 0 Å². The predicted octanol–water partition coefficient (Wildman–Crippen LogP) is 2.01. The minimum atomic E-state index is 1.33. The van der Waals surface area contributed by atoms with Crippen LogP contribution in [0.4, 0.5) is 0 Å². The number of hydrogen-bond donors (Lipinski definition) is 0. The SMILES string of the molecule is CN(C)C=C1CCCC1. The summed E-state index contributed by atoms with van der Waals surface area (Å²) in [5.74, 6) is 0. The van der Waals surface area contributed by atoms with Crippen molar-refractivity contribution < 1.29 is 0 Å². The van der Waals surface area contributed by atoms with Crippen molar-refractivity contribution in [3.63, 3.8) is 0 Å². The molecule has 1 heteroatoms. The quantitative estimate of drug-likeness (QED) is 0.518. The second kappa shape index (κ2) is 2.90. The fraction of sp³-hybridized carbons (Fsp3) is 0.750. The van der Waals surface area contributed by atoms with E-state index in [1.54, 1.807) is 5.57 Å². The van der Waals surface area contributed by atoms with E-state index in [9.17, 15) is 0 Å². The molecule has 1 fully saturated rings. The summed E-state index contributed by atoms with van der Waals surface area (Å²) in [6.07, 6.45) is 7.72. The predicted molar refractivity (Wildman–Crippen MR) is 40.2 cm³/mol. The molecule has 0 unspecified atom stereocenters. The van der Waals surface area contributed by atoms with Crippen LogP contribution < -0.4 is 0 Å². The van der Waals surface area contributed by atoms with Gasteiger partial charge in [0.1, 0.15) is 0 Å². The number of rotatable bonds is 1. The van der Waals surface area contributed by atoms with Gasteiger partial charge in [0.15, 0.2) is 0 Å². The lowest BCUT2D eigenvalue weighted by Gasteiger charge is -2.05. The van der Waals surface area contributed by atoms with E-state index in [0.29, 0.717) is 0 Å². The molecule has 1 nitrogen and oxygen atoms in total. The first-order valence-corrected chi connectivity index (χ1v) is 3.65. The Labute approximate surface area is 57.4 Å². The van der Waals surface area contributed by atoms with E-state index in [2.05, 4.69) is 25.2 Å². The van der Waals surface area contributed by atoms with Gasteiger partial charge in [0, 0.05) is 14.1 Å². The summed E-state index contributed by atoms with van der Waals surface area (Å²) in [6, 6.07) is 0. The maximum Gasteiger partial charge on any atom is 0.00556 e. The van der Waals surface area contributed by atoms with Crippen LogP contribution in [-0.4, -0.2) is 19.0 Å². The lowest BCUT2D eigenvalue weighted by molar-refractivity contribution is 0.555. The molecule has 0 aromatic heterocycles. The molecule has 0 aromatic carbocycles. The van der Waals surface area contributed by atoms with Crippen LogP contribution in [0.25, 0.3) is 0 Å². The Hall–Kier alpha value is -0.460. The Balaban J connectivity index is 2.39. The molecule has 0 N–H and O–H groups in total. The molecule has 0 saturated heterocycles. The maximum atomic E-state index is 2.26. The molecular weight excluding hydrogens is 110 g/mol. The fourth-order valence-electron chi connectivity index (χ4n) is 1.32. The van der Waals surface area contributed by atoms with E-state index in [1.807, 2.05) is 0 Å². The lowest BCUT2D eigenvalue weighted by atomic mass is 10.2. The molecule has 1 rings (SSSR count). The Morgan fingerprint density at radius 3 is 2.22 bits per heavy atom. The molecule has 0 amide bonds. The van der Waals surface area contributed by atoms with Gasteiger partial charge in [0.2, 0.25) is 0 Å². The van der Waals surface area contributed by atoms with Gasteiger partial charge < -0.3 is 4.90 Å². The van der Waals surface area contributed by atoms with Crippen LogP contribution in [0, 0.1) is 0 Å². The van der Waals surface area contributed by atoms with Crippen molar-refractivity contribution in [2.24, 2.45) is 0 Å². The Morgan fingerprint density at radius 1 is 1.22 bits per heavy atom. The van der Waals surface area contributed by atoms with Crippen molar-refractivity contribution in [1.82, 2.24) is 4.90 Å². The van der Waals surface area contributed by atoms with Crippen LogP contribution in [0.1, 0.15) is 25.7 Å². The summed E-state index contributed by atoms with van der Waals surface area (Å²) >= 11 is 0. The number of hydrogen-bond acceptors (Lipinski definition) is 1. The van der Waals surface area contributed by atoms with Crippen LogP contribution in [0.15, 0.2) is 11.8 Å². The summed E-state index contributed by atoms with van der Waals surface area (Å²) in [6.45, 7) is 0. The normalized spacial score (nSPS) is 18.2. The largest absolute Gasteiger partial charge is 0.384 e. The van der Waals surface area contributed by atoms with E-state index >= 15 is 0 Å². The minimum absolute atomic E-state index is 1.33. The summed E-state index contributed by atoms with van der Waals surface area (Å²) in [4.78, 5) is 2.14. The molecular formula is C8H15N. The van der Waals surface area contributed by atoms with Crippen LogP contribution in [0.3, 0.4) is 0 Å². The molecule has 0 heterocycles. The highest BCUT2D eigenvalue weighted by atomic mass is 15.0. The fourth-order valence-corrected chi connectivity index (χ4v) is 1.32. The van der Waals surface area contributed by atoms with Gasteiger partial charge in [-0.15, -0.1) is 0 Å². The zero-order valence-electron chi connectivity index (χ0n) is 6.35. The molecule has 0 radical (unpaired) electrons. The number of allylic oxidation sites excluding steroid dienone is 1. The van der Waals surface area contributed by atoms with Crippen LogP contribution >= 0.6 is 0 Å². The van der Waals surface area contributed by atoms with Crippen molar-refractivity contribution in [1.29, 1.82) is 0 Å². The second-order valence-electron chi connectivity index (χ2n) is 2.96. The molecule has 0 aliphatic heterocycles. The molecule has 0 bridgehead atoms. The first kappa shape index (κ1) is 6.66. The van der Waals surface area contributed by atoms with Crippen molar-refractivity contribution >= 4 is 0 Å². The molecule has 0 atom stereocenters. The summed E-state index contributed by atoms with van der Waals surface area (Å²) in [5, 5.41) is 0. The van der Waals surface area contributed by atoms with Gasteiger partial charge in [-0.05, 0) is 31.9 Å². The van der Waals surface area contributed by atoms with Crippen LogP contribution in [0.2, 0.25) is 0 Å². The topological polar surface area (TPSA) is 3.24 Å². The zero-order chi connectivity index (χ0) is 6.69. The monoisotopic (exact) mass is 125 g/mol. The van der Waals surface area contributed by atoms with Gasteiger partial charge in [0.25, 0.3) is 0 Å². The van der Waals surface area contributed by atoms with E-state index in [4.69, 9.17) is 0 Å². The Morgan fingerprint density at radius 2 is 1.78 bits per heavy atom. The van der Waals surface area contributed by atoms with Crippen LogP contribution in [-0.2, 0) is 0 Å². The molecule has 9 heavy (non-hydrogen) atoms. The van der Waals surface area contributed by atoms with Crippen molar-refractivity contribution in [2.75, 3.05) is 14.1 Å². The second-order valence-corrected chi connectivity index (χ2v) is 2.96. The first-order chi connectivity index (χ1) is 4.29. The molecule has 0 aromatic rings. The smallest absolute Gasteiger partial charge is 0.00556 e. The molecule has 1 aliphatic carbocycles. The molecule has 1 saturated carbocycles. The molecule has 52 valence electrons.